The average Bonchev–Trinajstić information content (AvgIpc) is 3.10. The first-order valence-corrected chi connectivity index (χ1v) is 9.96. The first-order chi connectivity index (χ1) is 13.7. The molecule has 4 rings (SSSR count). The van der Waals surface area contributed by atoms with Gasteiger partial charge in [-0.15, -0.1) is 0 Å². The maximum absolute atomic E-state index is 12.6. The zero-order valence-electron chi connectivity index (χ0n) is 16.2. The first kappa shape index (κ1) is 18.9. The fraction of sp³-hybridized carbons (Fsp3) is 0.409. The molecular weight excluding hydrogens is 352 g/mol. The van der Waals surface area contributed by atoms with Gasteiger partial charge in [-0.05, 0) is 18.6 Å². The number of carbonyl (C=O) groups excluding carboxylic acids is 1. The number of hydrogen-bond donors (Lipinski definition) is 3. The van der Waals surface area contributed by atoms with Gasteiger partial charge in [0.1, 0.15) is 11.9 Å². The van der Waals surface area contributed by atoms with Crippen LogP contribution in [-0.2, 0) is 11.3 Å². The summed E-state index contributed by atoms with van der Waals surface area (Å²) in [7, 11) is 0. The van der Waals surface area contributed by atoms with Crippen molar-refractivity contribution in [2.45, 2.75) is 25.6 Å². The summed E-state index contributed by atoms with van der Waals surface area (Å²) in [5.74, 6) is 1.30. The van der Waals surface area contributed by atoms with Gasteiger partial charge in [0.25, 0.3) is 0 Å². The molecule has 2 aromatic rings. The predicted molar refractivity (Wildman–Crippen MR) is 109 cm³/mol. The number of nitrogens with zero attached hydrogens (tertiary/aromatic N) is 1. The van der Waals surface area contributed by atoms with Crippen molar-refractivity contribution in [3.05, 3.63) is 65.7 Å². The fourth-order valence-electron chi connectivity index (χ4n) is 4.04. The van der Waals surface area contributed by atoms with Crippen LogP contribution in [0.15, 0.2) is 54.6 Å². The van der Waals surface area contributed by atoms with Gasteiger partial charge < -0.3 is 10.1 Å². The molecule has 2 aliphatic rings. The Bertz CT molecular complexity index is 798. The third-order valence-corrected chi connectivity index (χ3v) is 5.39. The van der Waals surface area contributed by atoms with Crippen LogP contribution >= 0.6 is 0 Å². The molecule has 2 aromatic carbocycles. The number of rotatable bonds is 5. The molecule has 3 N–H and O–H groups in total. The van der Waals surface area contributed by atoms with Crippen molar-refractivity contribution in [2.24, 2.45) is 5.92 Å². The standard InChI is InChI=1S/C22H28N4O2/c1-16-13-26(14-18-9-5-6-10-20(18)28-16)15-21(27)23-11-19-12-24-25-22(19)17-7-3-2-4-8-17/h2-10,16,19,22,24-25H,11-15H2,1H3,(H,23,27). The van der Waals surface area contributed by atoms with E-state index in [1.54, 1.807) is 0 Å². The minimum Gasteiger partial charge on any atom is -0.489 e. The number of para-hydroxylation sites is 1. The molecule has 3 atom stereocenters. The summed E-state index contributed by atoms with van der Waals surface area (Å²) >= 11 is 0. The normalized spacial score (nSPS) is 24.8. The lowest BCUT2D eigenvalue weighted by molar-refractivity contribution is -0.122. The monoisotopic (exact) mass is 380 g/mol. The van der Waals surface area contributed by atoms with E-state index in [-0.39, 0.29) is 18.1 Å². The van der Waals surface area contributed by atoms with Crippen LogP contribution in [0.25, 0.3) is 0 Å². The third-order valence-electron chi connectivity index (χ3n) is 5.39. The highest BCUT2D eigenvalue weighted by atomic mass is 16.5. The zero-order valence-corrected chi connectivity index (χ0v) is 16.2. The summed E-state index contributed by atoms with van der Waals surface area (Å²) in [6.07, 6.45) is 0.0575. The largest absolute Gasteiger partial charge is 0.489 e. The summed E-state index contributed by atoms with van der Waals surface area (Å²) in [6, 6.07) is 18.6. The van der Waals surface area contributed by atoms with Gasteiger partial charge in [-0.3, -0.25) is 15.1 Å². The molecular formula is C22H28N4O2. The smallest absolute Gasteiger partial charge is 0.234 e. The Morgan fingerprint density at radius 3 is 2.82 bits per heavy atom. The molecule has 3 unspecified atom stereocenters. The Morgan fingerprint density at radius 2 is 1.96 bits per heavy atom. The molecule has 0 aromatic heterocycles. The number of ether oxygens (including phenoxy) is 1. The lowest BCUT2D eigenvalue weighted by Crippen LogP contribution is -2.42. The number of amides is 1. The molecule has 0 bridgehead atoms. The van der Waals surface area contributed by atoms with Crippen molar-refractivity contribution >= 4 is 5.91 Å². The van der Waals surface area contributed by atoms with Gasteiger partial charge >= 0.3 is 0 Å². The maximum atomic E-state index is 12.6. The zero-order chi connectivity index (χ0) is 19.3. The molecule has 2 aliphatic heterocycles. The number of hydrazine groups is 1. The number of benzene rings is 2. The van der Waals surface area contributed by atoms with Gasteiger partial charge in [-0.1, -0.05) is 48.5 Å². The van der Waals surface area contributed by atoms with Crippen molar-refractivity contribution < 1.29 is 9.53 Å². The molecule has 2 heterocycles. The molecule has 1 saturated heterocycles. The second kappa shape index (κ2) is 8.73. The minimum absolute atomic E-state index is 0.0575. The molecule has 1 amide bonds. The molecule has 0 aliphatic carbocycles. The highest BCUT2D eigenvalue weighted by molar-refractivity contribution is 5.78. The van der Waals surface area contributed by atoms with Gasteiger partial charge in [0, 0.05) is 37.7 Å². The molecule has 28 heavy (non-hydrogen) atoms. The van der Waals surface area contributed by atoms with E-state index >= 15 is 0 Å². The first-order valence-electron chi connectivity index (χ1n) is 9.96. The van der Waals surface area contributed by atoms with Crippen LogP contribution in [-0.4, -0.2) is 43.1 Å². The topological polar surface area (TPSA) is 65.6 Å². The van der Waals surface area contributed by atoms with E-state index in [2.05, 4.69) is 39.3 Å². The van der Waals surface area contributed by atoms with Crippen LogP contribution in [0, 0.1) is 5.92 Å². The van der Waals surface area contributed by atoms with Crippen molar-refractivity contribution in [1.82, 2.24) is 21.1 Å². The second-order valence-electron chi connectivity index (χ2n) is 7.68. The van der Waals surface area contributed by atoms with Crippen LogP contribution in [0.3, 0.4) is 0 Å². The molecule has 1 fully saturated rings. The van der Waals surface area contributed by atoms with Gasteiger partial charge in [0.15, 0.2) is 0 Å². The Morgan fingerprint density at radius 1 is 1.18 bits per heavy atom. The molecule has 6 heteroatoms. The SMILES string of the molecule is CC1CN(CC(=O)NCC2CNNC2c2ccccc2)Cc2ccccc2O1. The number of hydrogen-bond acceptors (Lipinski definition) is 5. The highest BCUT2D eigenvalue weighted by Crippen LogP contribution is 2.25. The van der Waals surface area contributed by atoms with E-state index < -0.39 is 0 Å². The quantitative estimate of drug-likeness (QED) is 0.739. The summed E-state index contributed by atoms with van der Waals surface area (Å²) in [5.41, 5.74) is 8.92. The Labute approximate surface area is 166 Å². The van der Waals surface area contributed by atoms with Gasteiger partial charge in [-0.25, -0.2) is 5.43 Å². The number of carbonyl (C=O) groups is 1. The molecule has 0 spiro atoms. The summed E-state index contributed by atoms with van der Waals surface area (Å²) in [5, 5.41) is 3.13. The van der Waals surface area contributed by atoms with Gasteiger partial charge in [0.05, 0.1) is 12.6 Å². The number of fused-ring (bicyclic) bond motifs is 1. The van der Waals surface area contributed by atoms with Gasteiger partial charge in [-0.2, -0.15) is 0 Å². The highest BCUT2D eigenvalue weighted by Gasteiger charge is 2.28. The van der Waals surface area contributed by atoms with Crippen LogP contribution in [0.5, 0.6) is 5.75 Å². The van der Waals surface area contributed by atoms with Crippen LogP contribution in [0.4, 0.5) is 0 Å². The summed E-state index contributed by atoms with van der Waals surface area (Å²) in [6.45, 7) is 5.38. The Kier molecular flexibility index (Phi) is 5.90. The minimum atomic E-state index is 0.0575. The lowest BCUT2D eigenvalue weighted by Gasteiger charge is -2.23. The fourth-order valence-corrected chi connectivity index (χ4v) is 4.04. The summed E-state index contributed by atoms with van der Waals surface area (Å²) in [4.78, 5) is 14.8. The Balaban J connectivity index is 1.32. The van der Waals surface area contributed by atoms with Crippen LogP contribution in [0.2, 0.25) is 0 Å². The van der Waals surface area contributed by atoms with Crippen LogP contribution in [0.1, 0.15) is 24.1 Å². The Hall–Kier alpha value is -2.41. The molecule has 148 valence electrons. The van der Waals surface area contributed by atoms with E-state index in [1.807, 2.05) is 43.3 Å². The van der Waals surface area contributed by atoms with E-state index in [1.165, 1.54) is 5.56 Å². The van der Waals surface area contributed by atoms with Crippen molar-refractivity contribution in [2.75, 3.05) is 26.2 Å². The van der Waals surface area contributed by atoms with E-state index in [0.717, 1.165) is 30.9 Å². The lowest BCUT2D eigenvalue weighted by atomic mass is 9.95. The molecule has 0 saturated carbocycles. The molecule has 6 nitrogen and oxygen atoms in total. The average molecular weight is 380 g/mol. The van der Waals surface area contributed by atoms with Crippen molar-refractivity contribution in [3.8, 4) is 5.75 Å². The molecule has 0 radical (unpaired) electrons. The van der Waals surface area contributed by atoms with Crippen LogP contribution < -0.4 is 20.9 Å². The third kappa shape index (κ3) is 4.52. The second-order valence-corrected chi connectivity index (χ2v) is 7.68. The maximum Gasteiger partial charge on any atom is 0.234 e. The van der Waals surface area contributed by atoms with Gasteiger partial charge in [0.2, 0.25) is 5.91 Å². The van der Waals surface area contributed by atoms with Crippen molar-refractivity contribution in [3.63, 3.8) is 0 Å². The van der Waals surface area contributed by atoms with E-state index in [4.69, 9.17) is 4.74 Å². The van der Waals surface area contributed by atoms with Crippen molar-refractivity contribution in [1.29, 1.82) is 0 Å². The van der Waals surface area contributed by atoms with E-state index in [0.29, 0.717) is 19.0 Å². The summed E-state index contributed by atoms with van der Waals surface area (Å²) < 4.78 is 5.98. The van der Waals surface area contributed by atoms with E-state index in [9.17, 15) is 4.79 Å². The number of nitrogens with one attached hydrogen (secondary N) is 3. The predicted octanol–water partition coefficient (Wildman–Crippen LogP) is 1.85.